The van der Waals surface area contributed by atoms with Gasteiger partial charge in [0.25, 0.3) is 5.97 Å². The molecule has 0 bridgehead atoms. The number of carbonyl (C=O) groups is 1. The molecule has 6 heavy (non-hydrogen) atoms. The molecular weight excluding hydrogens is 131 g/mol. The maximum absolute atomic E-state index is 9.00. The minimum atomic E-state index is -0.833. The van der Waals surface area contributed by atoms with E-state index in [1.807, 2.05) is 0 Å². The van der Waals surface area contributed by atoms with E-state index in [9.17, 15) is 0 Å². The summed E-state index contributed by atoms with van der Waals surface area (Å²) in [7, 11) is 0. The zero-order valence-electron chi connectivity index (χ0n) is 3.08. The molecule has 3 nitrogen and oxygen atoms in total. The van der Waals surface area contributed by atoms with Crippen molar-refractivity contribution in [1.82, 2.24) is 0 Å². The van der Waals surface area contributed by atoms with Crippen molar-refractivity contribution in [2.24, 2.45) is 0 Å². The van der Waals surface area contributed by atoms with E-state index in [1.54, 1.807) is 0 Å². The number of hydrogen-bond donors (Lipinski definition) is 1. The van der Waals surface area contributed by atoms with E-state index in [0.717, 1.165) is 6.92 Å². The first-order chi connectivity index (χ1) is 2.73. The van der Waals surface area contributed by atoms with Crippen LogP contribution in [0, 0.1) is 0 Å². The summed E-state index contributed by atoms with van der Waals surface area (Å²) in [6.45, 7) is 1.08. The van der Waals surface area contributed by atoms with Crippen LogP contribution in [0.4, 0.5) is 0 Å². The van der Waals surface area contributed by atoms with Gasteiger partial charge in [-0.05, 0) is 0 Å². The minimum absolute atomic E-state index is 0.833. The fourth-order valence-electron chi connectivity index (χ4n) is 0. The summed E-state index contributed by atoms with van der Waals surface area (Å²) in [5, 5.41) is 7.42. The van der Waals surface area contributed by atoms with Gasteiger partial charge in [0, 0.05) is 6.92 Å². The van der Waals surface area contributed by atoms with Gasteiger partial charge >= 0.3 is 19.3 Å². The van der Waals surface area contributed by atoms with Gasteiger partial charge in [0.15, 0.2) is 0 Å². The Morgan fingerprint density at radius 2 is 1.67 bits per heavy atom. The summed E-state index contributed by atoms with van der Waals surface area (Å²) in [6, 6.07) is 0. The fraction of sp³-hybridized carbons (Fsp3) is 0.500. The van der Waals surface area contributed by atoms with Gasteiger partial charge in [-0.25, -0.2) is 0 Å². The molecule has 0 fully saturated rings. The molecule has 0 heterocycles. The topological polar surface area (TPSA) is 54.4 Å². The molecule has 0 aliphatic rings. The van der Waals surface area contributed by atoms with Crippen molar-refractivity contribution in [3.05, 3.63) is 0 Å². The third-order valence-corrected chi connectivity index (χ3v) is 0. The number of carboxylic acid groups (broad SMARTS) is 1. The van der Waals surface area contributed by atoms with Gasteiger partial charge in [0.1, 0.15) is 0 Å². The van der Waals surface area contributed by atoms with Crippen molar-refractivity contribution < 1.29 is 29.2 Å². The van der Waals surface area contributed by atoms with Crippen LogP contribution in [-0.4, -0.2) is 11.1 Å². The van der Waals surface area contributed by atoms with Crippen LogP contribution in [0.2, 0.25) is 0 Å². The zero-order valence-corrected chi connectivity index (χ0v) is 4.07. The van der Waals surface area contributed by atoms with Crippen molar-refractivity contribution in [3.63, 3.8) is 0 Å². The number of carboxylic acids is 1. The molecule has 0 saturated heterocycles. The summed E-state index contributed by atoms with van der Waals surface area (Å²) in [5.74, 6) is -0.833. The van der Waals surface area contributed by atoms with Crippen molar-refractivity contribution in [2.45, 2.75) is 6.92 Å². The van der Waals surface area contributed by atoms with Crippen LogP contribution in [0.25, 0.3) is 0 Å². The summed E-state index contributed by atoms with van der Waals surface area (Å²) in [6.07, 6.45) is 0. The summed E-state index contributed by atoms with van der Waals surface area (Å²) in [5.41, 5.74) is 0. The molecule has 0 aromatic rings. The van der Waals surface area contributed by atoms with Gasteiger partial charge in [-0.15, -0.1) is 0 Å². The monoisotopic (exact) mass is 134 g/mol. The van der Waals surface area contributed by atoms with Crippen LogP contribution in [0.5, 0.6) is 0 Å². The fourth-order valence-corrected chi connectivity index (χ4v) is 0. The van der Waals surface area contributed by atoms with Gasteiger partial charge in [-0.2, -0.15) is 0 Å². The number of aliphatic carboxylic acids is 1. The second-order valence-electron chi connectivity index (χ2n) is 0.519. The second kappa shape index (κ2) is 8.83. The molecule has 0 radical (unpaired) electrons. The van der Waals surface area contributed by atoms with Gasteiger partial charge in [-0.1, -0.05) is 0 Å². The van der Waals surface area contributed by atoms with Gasteiger partial charge in [-0.3, -0.25) is 4.79 Å². The van der Waals surface area contributed by atoms with Gasteiger partial charge < -0.3 is 5.11 Å². The summed E-state index contributed by atoms with van der Waals surface area (Å²) >= 11 is 2.62. The Kier molecular flexibility index (Phi) is 13.6. The van der Waals surface area contributed by atoms with Crippen molar-refractivity contribution in [2.75, 3.05) is 0 Å². The normalized spacial score (nSPS) is 5.17. The SMILES string of the molecule is CC(=O)O.[O]=[Ni]. The first kappa shape index (κ1) is 9.23. The molecule has 1 N–H and O–H groups in total. The average Bonchev–Trinajstić information content (AvgIpc) is 1.41. The molecular formula is C2H4NiO3. The van der Waals surface area contributed by atoms with Crippen LogP contribution in [0.1, 0.15) is 6.92 Å². The quantitative estimate of drug-likeness (QED) is 0.474. The van der Waals surface area contributed by atoms with Crippen molar-refractivity contribution in [3.8, 4) is 0 Å². The number of rotatable bonds is 0. The van der Waals surface area contributed by atoms with Crippen LogP contribution in [0.15, 0.2) is 0 Å². The Hall–Kier alpha value is -0.236. The number of hydrogen-bond acceptors (Lipinski definition) is 2. The van der Waals surface area contributed by atoms with Crippen molar-refractivity contribution >= 4 is 5.97 Å². The molecule has 0 unspecified atom stereocenters. The third kappa shape index (κ3) is 514. The van der Waals surface area contributed by atoms with E-state index < -0.39 is 5.97 Å². The molecule has 0 saturated carbocycles. The predicted octanol–water partition coefficient (Wildman–Crippen LogP) is -0.0304. The maximum atomic E-state index is 9.00. The van der Waals surface area contributed by atoms with E-state index in [4.69, 9.17) is 13.8 Å². The summed E-state index contributed by atoms with van der Waals surface area (Å²) in [4.78, 5) is 9.00. The Morgan fingerprint density at radius 3 is 1.67 bits per heavy atom. The Morgan fingerprint density at radius 1 is 1.67 bits per heavy atom. The van der Waals surface area contributed by atoms with E-state index >= 15 is 0 Å². The molecule has 0 aliphatic heterocycles. The molecule has 0 aromatic heterocycles. The van der Waals surface area contributed by atoms with Crippen LogP contribution < -0.4 is 0 Å². The van der Waals surface area contributed by atoms with Crippen molar-refractivity contribution in [1.29, 1.82) is 0 Å². The zero-order chi connectivity index (χ0) is 5.58. The first-order valence-electron chi connectivity index (χ1n) is 1.06. The predicted molar refractivity (Wildman–Crippen MR) is 14.0 cm³/mol. The van der Waals surface area contributed by atoms with E-state index in [1.165, 1.54) is 0 Å². The van der Waals surface area contributed by atoms with E-state index in [0.29, 0.717) is 0 Å². The molecule has 0 spiro atoms. The van der Waals surface area contributed by atoms with E-state index in [-0.39, 0.29) is 0 Å². The Labute approximate surface area is 42.9 Å². The average molecular weight is 135 g/mol. The Bertz CT molecular complexity index is 40.1. The molecule has 0 aliphatic carbocycles. The van der Waals surface area contributed by atoms with Crippen LogP contribution >= 0.6 is 0 Å². The van der Waals surface area contributed by atoms with E-state index in [2.05, 4.69) is 15.4 Å². The van der Waals surface area contributed by atoms with Crippen LogP contribution in [-0.2, 0) is 24.1 Å². The molecule has 4 heteroatoms. The molecule has 40 valence electrons. The molecule has 0 atom stereocenters. The van der Waals surface area contributed by atoms with Crippen LogP contribution in [0.3, 0.4) is 0 Å². The molecule has 0 amide bonds. The van der Waals surface area contributed by atoms with Gasteiger partial charge in [0.05, 0.1) is 0 Å². The third-order valence-electron chi connectivity index (χ3n) is 0. The molecule has 0 aromatic carbocycles. The first-order valence-corrected chi connectivity index (χ1v) is 1.46. The molecule has 0 rings (SSSR count). The second-order valence-corrected chi connectivity index (χ2v) is 0.519. The van der Waals surface area contributed by atoms with Gasteiger partial charge in [0.2, 0.25) is 0 Å². The Balaban J connectivity index is 0. The summed E-state index contributed by atoms with van der Waals surface area (Å²) < 4.78 is 7.88. The standard InChI is InChI=1S/C2H4O2.Ni.O/c1-2(3)4;;/h1H3,(H,3,4);;.